The van der Waals surface area contributed by atoms with Gasteiger partial charge < -0.3 is 19.5 Å². The minimum absolute atomic E-state index is 0.113. The molecule has 2 aliphatic heterocycles. The molecule has 1 unspecified atom stereocenters. The second kappa shape index (κ2) is 11.4. The summed E-state index contributed by atoms with van der Waals surface area (Å²) in [7, 11) is 0. The van der Waals surface area contributed by atoms with Crippen LogP contribution in [0.1, 0.15) is 36.8 Å². The highest BCUT2D eigenvalue weighted by atomic mass is 35.5. The monoisotopic (exact) mass is 518 g/mol. The van der Waals surface area contributed by atoms with E-state index in [1.165, 1.54) is 0 Å². The van der Waals surface area contributed by atoms with Crippen molar-refractivity contribution in [2.75, 3.05) is 25.6 Å². The molecule has 3 atom stereocenters. The van der Waals surface area contributed by atoms with Crippen LogP contribution in [0.4, 0.5) is 0 Å². The van der Waals surface area contributed by atoms with Crippen LogP contribution in [-0.4, -0.2) is 58.6 Å². The summed E-state index contributed by atoms with van der Waals surface area (Å²) >= 11 is 11.8. The summed E-state index contributed by atoms with van der Waals surface area (Å²) in [5, 5.41) is 10.6. The zero-order valence-electron chi connectivity index (χ0n) is 19.5. The number of amides is 1. The Morgan fingerprint density at radius 2 is 2.09 bits per heavy atom. The van der Waals surface area contributed by atoms with Crippen LogP contribution < -0.4 is 4.74 Å². The van der Waals surface area contributed by atoms with Gasteiger partial charge in [0.25, 0.3) is 0 Å². The van der Waals surface area contributed by atoms with E-state index in [1.807, 2.05) is 24.3 Å². The minimum atomic E-state index is -1.07. The molecule has 1 fully saturated rings. The lowest BCUT2D eigenvalue weighted by Crippen LogP contribution is -2.47. The number of carbonyl (C=O) groups excluding carboxylic acids is 1. The second-order valence-corrected chi connectivity index (χ2v) is 9.50. The number of aliphatic carboxylic acids is 1. The number of hydrogen-bond acceptors (Lipinski definition) is 5. The van der Waals surface area contributed by atoms with Gasteiger partial charge in [-0.05, 0) is 49.4 Å². The van der Waals surface area contributed by atoms with Gasteiger partial charge in [0.15, 0.2) is 0 Å². The molecular weight excluding hydrogens is 491 g/mol. The number of allylic oxidation sites excluding steroid dienone is 1. The van der Waals surface area contributed by atoms with Crippen molar-refractivity contribution in [3.05, 3.63) is 70.1 Å². The molecular formula is C26H28Cl2N2O5. The lowest BCUT2D eigenvalue weighted by atomic mass is 9.74. The molecule has 0 spiro atoms. The van der Waals surface area contributed by atoms with Crippen molar-refractivity contribution >= 4 is 35.1 Å². The minimum Gasteiger partial charge on any atom is -0.492 e. The number of aromatic nitrogens is 1. The number of para-hydroxylation sites is 1. The summed E-state index contributed by atoms with van der Waals surface area (Å²) in [5.74, 6) is -1.64. The third-order valence-electron chi connectivity index (χ3n) is 6.59. The van der Waals surface area contributed by atoms with Crippen molar-refractivity contribution in [1.29, 1.82) is 0 Å². The Hall–Kier alpha value is -2.61. The van der Waals surface area contributed by atoms with Crippen LogP contribution in [0.25, 0.3) is 0 Å². The summed E-state index contributed by atoms with van der Waals surface area (Å²) in [4.78, 5) is 32.4. The highest BCUT2D eigenvalue weighted by molar-refractivity contribution is 6.29. The second-order valence-electron chi connectivity index (χ2n) is 8.74. The maximum atomic E-state index is 14.0. The number of rotatable bonds is 9. The average Bonchev–Trinajstić information content (AvgIpc) is 3.36. The normalized spacial score (nSPS) is 22.5. The highest BCUT2D eigenvalue weighted by Crippen LogP contribution is 2.43. The average molecular weight is 519 g/mol. The Labute approximate surface area is 214 Å². The predicted molar refractivity (Wildman–Crippen MR) is 133 cm³/mol. The number of carbonyl (C=O) groups is 2. The molecule has 35 heavy (non-hydrogen) atoms. The standard InChI is InChI=1S/C26H28Cl2N2O5/c1-16-23(26(32)33)24(18-8-9-22(28)29-14-18)20(25(31)30(16)15-19-6-4-11-34-19)13-17-5-2-3-7-21(17)35-12-10-27/h2-3,5,7-9,14,19-20,24H,4,6,10-13,15H2,1H3,(H,32,33)/t19-,20?,24-/m1/s1. The van der Waals surface area contributed by atoms with Crippen molar-refractivity contribution in [3.63, 3.8) is 0 Å². The number of nitrogens with zero attached hydrogens (tertiary/aromatic N) is 2. The van der Waals surface area contributed by atoms with Crippen molar-refractivity contribution in [1.82, 2.24) is 9.88 Å². The van der Waals surface area contributed by atoms with Crippen LogP contribution in [0.2, 0.25) is 5.15 Å². The quantitative estimate of drug-likeness (QED) is 0.383. The van der Waals surface area contributed by atoms with Gasteiger partial charge in [-0.15, -0.1) is 11.6 Å². The Morgan fingerprint density at radius 1 is 1.29 bits per heavy atom. The summed E-state index contributed by atoms with van der Waals surface area (Å²) in [5.41, 5.74) is 2.04. The molecule has 2 aromatic rings. The van der Waals surface area contributed by atoms with Crippen molar-refractivity contribution in [2.24, 2.45) is 5.92 Å². The topological polar surface area (TPSA) is 89.0 Å². The molecule has 1 N–H and O–H groups in total. The number of ether oxygens (including phenoxy) is 2. The van der Waals surface area contributed by atoms with E-state index < -0.39 is 17.8 Å². The number of alkyl halides is 1. The Morgan fingerprint density at radius 3 is 2.74 bits per heavy atom. The maximum absolute atomic E-state index is 14.0. The van der Waals surface area contributed by atoms with Gasteiger partial charge in [-0.1, -0.05) is 35.9 Å². The van der Waals surface area contributed by atoms with E-state index in [0.29, 0.717) is 47.8 Å². The third kappa shape index (κ3) is 5.63. The zero-order chi connectivity index (χ0) is 24.9. The van der Waals surface area contributed by atoms with Gasteiger partial charge in [-0.25, -0.2) is 9.78 Å². The first kappa shape index (κ1) is 25.5. The first-order chi connectivity index (χ1) is 16.9. The first-order valence-corrected chi connectivity index (χ1v) is 12.6. The SMILES string of the molecule is CC1=C(C(=O)O)[C@H](c2ccc(Cl)nc2)C(Cc2ccccc2OCCCl)C(=O)N1C[C@H]1CCCO1. The van der Waals surface area contributed by atoms with Crippen LogP contribution in [0.15, 0.2) is 53.9 Å². The predicted octanol–water partition coefficient (Wildman–Crippen LogP) is 4.67. The lowest BCUT2D eigenvalue weighted by Gasteiger charge is -2.40. The van der Waals surface area contributed by atoms with Gasteiger partial charge in [-0.2, -0.15) is 0 Å². The molecule has 0 aliphatic carbocycles. The van der Waals surface area contributed by atoms with Crippen LogP contribution in [-0.2, 0) is 20.7 Å². The van der Waals surface area contributed by atoms with Gasteiger partial charge >= 0.3 is 5.97 Å². The molecule has 0 bridgehead atoms. The highest BCUT2D eigenvalue weighted by Gasteiger charge is 2.45. The fraction of sp³-hybridized carbons (Fsp3) is 0.423. The fourth-order valence-electron chi connectivity index (χ4n) is 4.96. The van der Waals surface area contributed by atoms with Crippen LogP contribution in [0, 0.1) is 5.92 Å². The number of pyridine rings is 1. The van der Waals surface area contributed by atoms with E-state index in [9.17, 15) is 14.7 Å². The van der Waals surface area contributed by atoms with Crippen LogP contribution in [0.5, 0.6) is 5.75 Å². The molecule has 7 nitrogen and oxygen atoms in total. The van der Waals surface area contributed by atoms with E-state index in [4.69, 9.17) is 32.7 Å². The van der Waals surface area contributed by atoms with E-state index >= 15 is 0 Å². The van der Waals surface area contributed by atoms with E-state index in [-0.39, 0.29) is 24.0 Å². The van der Waals surface area contributed by atoms with Crippen molar-refractivity contribution in [3.8, 4) is 5.75 Å². The molecule has 1 amide bonds. The van der Waals surface area contributed by atoms with Crippen LogP contribution >= 0.6 is 23.2 Å². The zero-order valence-corrected chi connectivity index (χ0v) is 21.0. The fourth-order valence-corrected chi connectivity index (χ4v) is 5.15. The third-order valence-corrected chi connectivity index (χ3v) is 6.97. The summed E-state index contributed by atoms with van der Waals surface area (Å²) in [6.45, 7) is 3.00. The molecule has 1 saturated heterocycles. The Balaban J connectivity index is 1.79. The molecule has 0 saturated carbocycles. The molecule has 9 heteroatoms. The largest absolute Gasteiger partial charge is 0.492 e. The summed E-state index contributed by atoms with van der Waals surface area (Å²) in [6.07, 6.45) is 3.49. The number of benzene rings is 1. The summed E-state index contributed by atoms with van der Waals surface area (Å²) in [6, 6.07) is 10.8. The number of hydrogen-bond donors (Lipinski definition) is 1. The van der Waals surface area contributed by atoms with Gasteiger partial charge in [-0.3, -0.25) is 4.79 Å². The molecule has 186 valence electrons. The Bertz CT molecular complexity index is 1100. The number of carboxylic acids is 1. The van der Waals surface area contributed by atoms with Gasteiger partial charge in [0.05, 0.1) is 30.0 Å². The molecule has 1 aromatic heterocycles. The van der Waals surface area contributed by atoms with Crippen molar-refractivity contribution in [2.45, 2.75) is 38.2 Å². The van der Waals surface area contributed by atoms with Gasteiger partial charge in [0, 0.05) is 24.4 Å². The van der Waals surface area contributed by atoms with E-state index in [2.05, 4.69) is 4.98 Å². The molecule has 3 heterocycles. The van der Waals surface area contributed by atoms with Gasteiger partial charge in [0.2, 0.25) is 5.91 Å². The van der Waals surface area contributed by atoms with Crippen LogP contribution in [0.3, 0.4) is 0 Å². The first-order valence-electron chi connectivity index (χ1n) is 11.7. The number of halogens is 2. The maximum Gasteiger partial charge on any atom is 0.333 e. The van der Waals surface area contributed by atoms with Crippen molar-refractivity contribution < 1.29 is 24.2 Å². The van der Waals surface area contributed by atoms with Gasteiger partial charge in [0.1, 0.15) is 17.5 Å². The lowest BCUT2D eigenvalue weighted by molar-refractivity contribution is -0.139. The smallest absolute Gasteiger partial charge is 0.333 e. The van der Waals surface area contributed by atoms with E-state index in [1.54, 1.807) is 30.2 Å². The molecule has 1 aromatic carbocycles. The molecule has 4 rings (SSSR count). The molecule has 2 aliphatic rings. The number of carboxylic acid groups (broad SMARTS) is 1. The van der Waals surface area contributed by atoms with E-state index in [0.717, 1.165) is 18.4 Å². The molecule has 0 radical (unpaired) electrons. The Kier molecular flexibility index (Phi) is 8.31. The summed E-state index contributed by atoms with van der Waals surface area (Å²) < 4.78 is 11.6.